The average molecular weight is 265 g/mol. The van der Waals surface area contributed by atoms with Gasteiger partial charge in [0.25, 0.3) is 0 Å². The van der Waals surface area contributed by atoms with Crippen LogP contribution in [0, 0.1) is 5.82 Å². The Bertz CT molecular complexity index is 512. The van der Waals surface area contributed by atoms with Gasteiger partial charge in [-0.25, -0.2) is 4.39 Å². The minimum Gasteiger partial charge on any atom is -0.306 e. The van der Waals surface area contributed by atoms with Crippen LogP contribution >= 0.6 is 11.5 Å². The summed E-state index contributed by atoms with van der Waals surface area (Å²) in [4.78, 5) is 1.07. The molecule has 1 heterocycles. The predicted molar refractivity (Wildman–Crippen MR) is 71.2 cm³/mol. The van der Waals surface area contributed by atoms with Crippen LogP contribution in [-0.4, -0.2) is 16.1 Å². The van der Waals surface area contributed by atoms with Crippen molar-refractivity contribution in [3.63, 3.8) is 0 Å². The highest BCUT2D eigenvalue weighted by molar-refractivity contribution is 7.05. The molecule has 2 aromatic rings. The molecule has 1 aromatic heterocycles. The highest BCUT2D eigenvalue weighted by Gasteiger charge is 2.19. The molecule has 0 aliphatic rings. The Balaban J connectivity index is 2.39. The minimum absolute atomic E-state index is 0.0272. The highest BCUT2D eigenvalue weighted by atomic mass is 32.1. The standard InChI is InChI=1S/C13H16FN3S/c1-3-11-13(18-17-16-11)12(15-4-2)9-6-5-7-10(14)8-9/h5-8,12,15H,3-4H2,1-2H3. The lowest BCUT2D eigenvalue weighted by Crippen LogP contribution is -2.22. The Morgan fingerprint density at radius 2 is 2.22 bits per heavy atom. The van der Waals surface area contributed by atoms with Crippen molar-refractivity contribution in [2.75, 3.05) is 6.54 Å². The van der Waals surface area contributed by atoms with Gasteiger partial charge < -0.3 is 5.32 Å². The second kappa shape index (κ2) is 6.02. The van der Waals surface area contributed by atoms with Crippen molar-refractivity contribution in [2.24, 2.45) is 0 Å². The molecular weight excluding hydrogens is 249 g/mol. The SMILES string of the molecule is CCNC(c1cccc(F)c1)c1snnc1CC. The van der Waals surface area contributed by atoms with Gasteiger partial charge in [-0.2, -0.15) is 0 Å². The topological polar surface area (TPSA) is 37.8 Å². The summed E-state index contributed by atoms with van der Waals surface area (Å²) >= 11 is 1.38. The fourth-order valence-corrected chi connectivity index (χ4v) is 2.77. The van der Waals surface area contributed by atoms with E-state index in [4.69, 9.17) is 0 Å². The van der Waals surface area contributed by atoms with Crippen LogP contribution < -0.4 is 5.32 Å². The molecule has 1 unspecified atom stereocenters. The molecular formula is C13H16FN3S. The molecule has 1 aromatic carbocycles. The van der Waals surface area contributed by atoms with Gasteiger partial charge in [0.2, 0.25) is 0 Å². The van der Waals surface area contributed by atoms with E-state index in [1.54, 1.807) is 12.1 Å². The smallest absolute Gasteiger partial charge is 0.123 e. The molecule has 0 radical (unpaired) electrons. The second-order valence-electron chi connectivity index (χ2n) is 3.98. The van der Waals surface area contributed by atoms with Gasteiger partial charge in [-0.1, -0.05) is 30.5 Å². The first-order valence-corrected chi connectivity index (χ1v) is 6.83. The van der Waals surface area contributed by atoms with Gasteiger partial charge in [-0.05, 0) is 42.2 Å². The molecule has 0 aliphatic heterocycles. The molecule has 0 fully saturated rings. The Morgan fingerprint density at radius 1 is 1.39 bits per heavy atom. The number of aromatic nitrogens is 2. The minimum atomic E-state index is -0.217. The third-order valence-corrected chi connectivity index (χ3v) is 3.60. The third-order valence-electron chi connectivity index (χ3n) is 2.77. The Labute approximate surface area is 110 Å². The zero-order valence-corrected chi connectivity index (χ0v) is 11.3. The number of nitrogens with zero attached hydrogens (tertiary/aromatic N) is 2. The van der Waals surface area contributed by atoms with E-state index in [-0.39, 0.29) is 11.9 Å². The van der Waals surface area contributed by atoms with Gasteiger partial charge in [0.1, 0.15) is 5.82 Å². The Hall–Kier alpha value is -1.33. The lowest BCUT2D eigenvalue weighted by Gasteiger charge is -2.17. The van der Waals surface area contributed by atoms with Crippen molar-refractivity contribution in [3.8, 4) is 0 Å². The average Bonchev–Trinajstić information content (AvgIpc) is 2.84. The van der Waals surface area contributed by atoms with Gasteiger partial charge in [0.15, 0.2) is 0 Å². The number of rotatable bonds is 5. The number of benzene rings is 1. The molecule has 2 rings (SSSR count). The summed E-state index contributed by atoms with van der Waals surface area (Å²) in [6, 6.07) is 6.65. The molecule has 0 bridgehead atoms. The molecule has 96 valence electrons. The first-order chi connectivity index (χ1) is 8.76. The van der Waals surface area contributed by atoms with E-state index in [9.17, 15) is 4.39 Å². The van der Waals surface area contributed by atoms with Crippen molar-refractivity contribution in [1.82, 2.24) is 14.9 Å². The maximum absolute atomic E-state index is 13.3. The van der Waals surface area contributed by atoms with Crippen LogP contribution in [0.5, 0.6) is 0 Å². The fourth-order valence-electron chi connectivity index (χ4n) is 1.93. The monoisotopic (exact) mass is 265 g/mol. The fraction of sp³-hybridized carbons (Fsp3) is 0.385. The summed E-state index contributed by atoms with van der Waals surface area (Å²) in [7, 11) is 0. The summed E-state index contributed by atoms with van der Waals surface area (Å²) in [6.45, 7) is 4.89. The number of aryl methyl sites for hydroxylation is 1. The largest absolute Gasteiger partial charge is 0.306 e. The number of hydrogen-bond acceptors (Lipinski definition) is 4. The van der Waals surface area contributed by atoms with Crippen molar-refractivity contribution in [3.05, 3.63) is 46.2 Å². The molecule has 0 aliphatic carbocycles. The molecule has 5 heteroatoms. The van der Waals surface area contributed by atoms with E-state index < -0.39 is 0 Å². The zero-order valence-electron chi connectivity index (χ0n) is 10.5. The third kappa shape index (κ3) is 2.73. The highest BCUT2D eigenvalue weighted by Crippen LogP contribution is 2.27. The van der Waals surface area contributed by atoms with Crippen LogP contribution in [0.4, 0.5) is 4.39 Å². The summed E-state index contributed by atoms with van der Waals surface area (Å²) in [6.07, 6.45) is 0.836. The number of halogens is 1. The van der Waals surface area contributed by atoms with E-state index >= 15 is 0 Å². The molecule has 1 N–H and O–H groups in total. The molecule has 0 amide bonds. The Kier molecular flexibility index (Phi) is 4.38. The van der Waals surface area contributed by atoms with Crippen molar-refractivity contribution >= 4 is 11.5 Å². The summed E-state index contributed by atoms with van der Waals surface area (Å²) in [5.41, 5.74) is 1.90. The van der Waals surface area contributed by atoms with Crippen LogP contribution in [0.3, 0.4) is 0 Å². The normalized spacial score (nSPS) is 12.6. The molecule has 1 atom stereocenters. The van der Waals surface area contributed by atoms with Gasteiger partial charge in [-0.3, -0.25) is 0 Å². The van der Waals surface area contributed by atoms with Crippen LogP contribution in [0.2, 0.25) is 0 Å². The molecule has 18 heavy (non-hydrogen) atoms. The summed E-state index contributed by atoms with van der Waals surface area (Å²) < 4.78 is 17.3. The lowest BCUT2D eigenvalue weighted by atomic mass is 10.0. The van der Waals surface area contributed by atoms with E-state index in [0.717, 1.165) is 29.1 Å². The molecule has 3 nitrogen and oxygen atoms in total. The molecule has 0 saturated heterocycles. The zero-order chi connectivity index (χ0) is 13.0. The van der Waals surface area contributed by atoms with Crippen molar-refractivity contribution < 1.29 is 4.39 Å². The van der Waals surface area contributed by atoms with Gasteiger partial charge in [0, 0.05) is 0 Å². The van der Waals surface area contributed by atoms with Crippen LogP contribution in [-0.2, 0) is 6.42 Å². The van der Waals surface area contributed by atoms with E-state index in [0.29, 0.717) is 0 Å². The van der Waals surface area contributed by atoms with Gasteiger partial charge >= 0.3 is 0 Å². The van der Waals surface area contributed by atoms with Crippen LogP contribution in [0.1, 0.15) is 36.0 Å². The van der Waals surface area contributed by atoms with E-state index in [1.165, 1.54) is 17.6 Å². The first-order valence-electron chi connectivity index (χ1n) is 6.06. The van der Waals surface area contributed by atoms with Gasteiger partial charge in [0.05, 0.1) is 16.6 Å². The quantitative estimate of drug-likeness (QED) is 0.903. The molecule has 0 saturated carbocycles. The Morgan fingerprint density at radius 3 is 2.89 bits per heavy atom. The van der Waals surface area contributed by atoms with Crippen molar-refractivity contribution in [2.45, 2.75) is 26.3 Å². The van der Waals surface area contributed by atoms with Gasteiger partial charge in [-0.15, -0.1) is 5.10 Å². The van der Waals surface area contributed by atoms with Crippen LogP contribution in [0.15, 0.2) is 24.3 Å². The van der Waals surface area contributed by atoms with Crippen LogP contribution in [0.25, 0.3) is 0 Å². The number of nitrogens with one attached hydrogen (secondary N) is 1. The second-order valence-corrected chi connectivity index (χ2v) is 4.77. The predicted octanol–water partition coefficient (Wildman–Crippen LogP) is 2.94. The maximum Gasteiger partial charge on any atom is 0.123 e. The summed E-state index contributed by atoms with van der Waals surface area (Å²) in [5.74, 6) is -0.217. The summed E-state index contributed by atoms with van der Waals surface area (Å²) in [5, 5.41) is 7.49. The van der Waals surface area contributed by atoms with E-state index in [1.807, 2.05) is 13.0 Å². The first kappa shape index (κ1) is 13.1. The maximum atomic E-state index is 13.3. The molecule has 0 spiro atoms. The lowest BCUT2D eigenvalue weighted by molar-refractivity contribution is 0.604. The number of hydrogen-bond donors (Lipinski definition) is 1. The van der Waals surface area contributed by atoms with Crippen molar-refractivity contribution in [1.29, 1.82) is 0 Å². The van der Waals surface area contributed by atoms with E-state index in [2.05, 4.69) is 21.8 Å².